The van der Waals surface area contributed by atoms with Crippen LogP contribution in [-0.2, 0) is 19.1 Å². The van der Waals surface area contributed by atoms with Gasteiger partial charge >= 0.3 is 6.09 Å². The number of primary amides is 1. The van der Waals surface area contributed by atoms with Crippen LogP contribution >= 0.6 is 0 Å². The van der Waals surface area contributed by atoms with Crippen molar-refractivity contribution >= 4 is 23.8 Å². The van der Waals surface area contributed by atoms with Gasteiger partial charge in [0.25, 0.3) is 0 Å². The topological polar surface area (TPSA) is 155 Å². The maximum absolute atomic E-state index is 13.6. The minimum Gasteiger partial charge on any atom is -0.444 e. The average Bonchev–Trinajstić information content (AvgIpc) is 2.64. The van der Waals surface area contributed by atoms with E-state index in [9.17, 15) is 24.4 Å². The molecule has 4 amide bonds. The molecule has 0 aliphatic carbocycles. The number of nitrogens with zero attached hydrogens (tertiary/aromatic N) is 2. The van der Waals surface area contributed by atoms with Crippen molar-refractivity contribution in [1.82, 2.24) is 15.5 Å². The summed E-state index contributed by atoms with van der Waals surface area (Å²) in [5.41, 5.74) is 5.06. The first kappa shape index (κ1) is 28.4. The van der Waals surface area contributed by atoms with Gasteiger partial charge in [0.05, 0.1) is 12.5 Å². The van der Waals surface area contributed by atoms with Crippen LogP contribution in [0.3, 0.4) is 0 Å². The van der Waals surface area contributed by atoms with Crippen molar-refractivity contribution in [2.75, 3.05) is 6.54 Å². The number of benzene rings is 1. The highest BCUT2D eigenvalue weighted by molar-refractivity contribution is 5.95. The molecular formula is C24H35N5O5. The Bertz CT molecular complexity index is 956. The van der Waals surface area contributed by atoms with Crippen molar-refractivity contribution in [3.8, 4) is 6.07 Å². The number of amides is 4. The van der Waals surface area contributed by atoms with Gasteiger partial charge in [-0.3, -0.25) is 14.4 Å². The van der Waals surface area contributed by atoms with Crippen LogP contribution in [0.15, 0.2) is 24.3 Å². The summed E-state index contributed by atoms with van der Waals surface area (Å²) >= 11 is 0. The van der Waals surface area contributed by atoms with E-state index in [0.29, 0.717) is 5.56 Å². The minimum atomic E-state index is -1.44. The van der Waals surface area contributed by atoms with Crippen LogP contribution in [0.1, 0.15) is 65.1 Å². The number of aryl methyl sites for hydroxylation is 1. The number of nitrogens with one attached hydrogen (secondary N) is 2. The summed E-state index contributed by atoms with van der Waals surface area (Å²) in [6.45, 7) is 11.6. The van der Waals surface area contributed by atoms with Crippen molar-refractivity contribution in [1.29, 1.82) is 5.26 Å². The number of hydrogen-bond donors (Lipinski definition) is 3. The fraction of sp³-hybridized carbons (Fsp3) is 0.542. The first-order valence-electron chi connectivity index (χ1n) is 10.9. The molecule has 0 aliphatic heterocycles. The van der Waals surface area contributed by atoms with Gasteiger partial charge in [-0.25, -0.2) is 4.79 Å². The number of carbonyl (C=O) groups excluding carboxylic acids is 4. The molecule has 2 atom stereocenters. The van der Waals surface area contributed by atoms with Gasteiger partial charge in [-0.2, -0.15) is 5.26 Å². The van der Waals surface area contributed by atoms with Crippen molar-refractivity contribution < 1.29 is 23.9 Å². The lowest BCUT2D eigenvalue weighted by molar-refractivity contribution is -0.143. The van der Waals surface area contributed by atoms with Gasteiger partial charge in [0.2, 0.25) is 17.7 Å². The smallest absolute Gasteiger partial charge is 0.408 e. The summed E-state index contributed by atoms with van der Waals surface area (Å²) in [6.07, 6.45) is -1.47. The number of nitriles is 1. The summed E-state index contributed by atoms with van der Waals surface area (Å²) in [5, 5.41) is 14.7. The molecule has 0 saturated carbocycles. The second-order valence-electron chi connectivity index (χ2n) is 9.99. The molecule has 1 aromatic carbocycles. The fourth-order valence-electron chi connectivity index (χ4n) is 3.21. The Kier molecular flexibility index (Phi) is 9.61. The third kappa shape index (κ3) is 9.10. The molecule has 10 heteroatoms. The molecular weight excluding hydrogens is 438 g/mol. The zero-order chi connectivity index (χ0) is 26.3. The van der Waals surface area contributed by atoms with E-state index < -0.39 is 60.0 Å². The SMILES string of the molecule is Cc1ccccc1C(C(=O)NC(C)(C)C)N(CC#N)C(=O)C(CC(N)=O)NC(=O)OC(C)(C)C. The molecule has 186 valence electrons. The van der Waals surface area contributed by atoms with E-state index >= 15 is 0 Å². The summed E-state index contributed by atoms with van der Waals surface area (Å²) in [7, 11) is 0. The van der Waals surface area contributed by atoms with Gasteiger partial charge < -0.3 is 26.0 Å². The van der Waals surface area contributed by atoms with Gasteiger partial charge in [-0.1, -0.05) is 24.3 Å². The molecule has 0 fully saturated rings. The number of carbonyl (C=O) groups is 4. The van der Waals surface area contributed by atoms with Gasteiger partial charge in [-0.15, -0.1) is 0 Å². The van der Waals surface area contributed by atoms with Gasteiger partial charge in [0.1, 0.15) is 24.2 Å². The molecule has 4 N–H and O–H groups in total. The molecule has 2 unspecified atom stereocenters. The van der Waals surface area contributed by atoms with E-state index in [1.165, 1.54) is 0 Å². The van der Waals surface area contributed by atoms with E-state index in [1.54, 1.807) is 72.7 Å². The van der Waals surface area contributed by atoms with Crippen molar-refractivity contribution in [2.45, 2.75) is 78.1 Å². The quantitative estimate of drug-likeness (QED) is 0.491. The normalized spacial score (nSPS) is 13.1. The molecule has 0 saturated heterocycles. The number of hydrogen-bond acceptors (Lipinski definition) is 6. The lowest BCUT2D eigenvalue weighted by atomic mass is 9.96. The molecule has 0 spiro atoms. The van der Waals surface area contributed by atoms with Crippen LogP contribution in [0.4, 0.5) is 4.79 Å². The van der Waals surface area contributed by atoms with Crippen LogP contribution in [0, 0.1) is 18.3 Å². The monoisotopic (exact) mass is 473 g/mol. The summed E-state index contributed by atoms with van der Waals surface area (Å²) < 4.78 is 5.20. The molecule has 0 aromatic heterocycles. The molecule has 0 heterocycles. The Morgan fingerprint density at radius 3 is 2.18 bits per heavy atom. The maximum Gasteiger partial charge on any atom is 0.408 e. The van der Waals surface area contributed by atoms with Crippen molar-refractivity contribution in [3.63, 3.8) is 0 Å². The second kappa shape index (κ2) is 11.5. The second-order valence-corrected chi connectivity index (χ2v) is 9.99. The Labute approximate surface area is 200 Å². The zero-order valence-electron chi connectivity index (χ0n) is 20.9. The van der Waals surface area contributed by atoms with Crippen molar-refractivity contribution in [3.05, 3.63) is 35.4 Å². The van der Waals surface area contributed by atoms with Crippen LogP contribution in [0.2, 0.25) is 0 Å². The third-order valence-corrected chi connectivity index (χ3v) is 4.46. The number of nitrogens with two attached hydrogens (primary N) is 1. The first-order chi connectivity index (χ1) is 15.6. The van der Waals surface area contributed by atoms with Gasteiger partial charge in [0.15, 0.2) is 0 Å². The van der Waals surface area contributed by atoms with E-state index in [2.05, 4.69) is 10.6 Å². The molecule has 1 aromatic rings. The van der Waals surface area contributed by atoms with E-state index in [4.69, 9.17) is 10.5 Å². The van der Waals surface area contributed by atoms with E-state index in [-0.39, 0.29) is 0 Å². The predicted molar refractivity (Wildman–Crippen MR) is 126 cm³/mol. The first-order valence-corrected chi connectivity index (χ1v) is 10.9. The van der Waals surface area contributed by atoms with E-state index in [0.717, 1.165) is 10.5 Å². The Morgan fingerprint density at radius 2 is 1.71 bits per heavy atom. The Hall–Kier alpha value is -3.61. The van der Waals surface area contributed by atoms with Crippen LogP contribution < -0.4 is 16.4 Å². The lowest BCUT2D eigenvalue weighted by Gasteiger charge is -2.35. The van der Waals surface area contributed by atoms with Crippen molar-refractivity contribution in [2.24, 2.45) is 5.73 Å². The summed E-state index contributed by atoms with van der Waals surface area (Å²) in [6, 6.07) is 6.24. The van der Waals surface area contributed by atoms with Crippen LogP contribution in [0.5, 0.6) is 0 Å². The van der Waals surface area contributed by atoms with Gasteiger partial charge in [0, 0.05) is 5.54 Å². The maximum atomic E-state index is 13.6. The minimum absolute atomic E-state index is 0.472. The summed E-state index contributed by atoms with van der Waals surface area (Å²) in [4.78, 5) is 52.0. The molecule has 0 aliphatic rings. The standard InChI is InChI=1S/C24H35N5O5/c1-15-10-8-9-11-16(15)19(20(31)28-23(2,3)4)29(13-12-25)21(32)17(14-18(26)30)27-22(33)34-24(5,6)7/h8-11,17,19H,13-14H2,1-7H3,(H2,26,30)(H,27,33)(H,28,31). The predicted octanol–water partition coefficient (Wildman–Crippen LogP) is 2.07. The highest BCUT2D eigenvalue weighted by Gasteiger charge is 2.38. The Morgan fingerprint density at radius 1 is 1.12 bits per heavy atom. The lowest BCUT2D eigenvalue weighted by Crippen LogP contribution is -2.55. The third-order valence-electron chi connectivity index (χ3n) is 4.46. The molecule has 0 radical (unpaired) electrons. The molecule has 34 heavy (non-hydrogen) atoms. The molecule has 0 bridgehead atoms. The number of rotatable bonds is 8. The molecule has 1 rings (SSSR count). The van der Waals surface area contributed by atoms with Gasteiger partial charge in [-0.05, 0) is 59.6 Å². The largest absolute Gasteiger partial charge is 0.444 e. The highest BCUT2D eigenvalue weighted by Crippen LogP contribution is 2.26. The number of ether oxygens (including phenoxy) is 1. The number of alkyl carbamates (subject to hydrolysis) is 1. The van der Waals surface area contributed by atoms with E-state index in [1.807, 2.05) is 6.07 Å². The summed E-state index contributed by atoms with van der Waals surface area (Å²) in [5.74, 6) is -2.18. The average molecular weight is 474 g/mol. The van der Waals surface area contributed by atoms with Crippen LogP contribution in [0.25, 0.3) is 0 Å². The highest BCUT2D eigenvalue weighted by atomic mass is 16.6. The van der Waals surface area contributed by atoms with Crippen LogP contribution in [-0.4, -0.2) is 52.4 Å². The Balaban J connectivity index is 3.50. The fourth-order valence-corrected chi connectivity index (χ4v) is 3.21. The molecule has 10 nitrogen and oxygen atoms in total. The zero-order valence-corrected chi connectivity index (χ0v) is 20.9.